The summed E-state index contributed by atoms with van der Waals surface area (Å²) >= 11 is 0. The Morgan fingerprint density at radius 2 is 2.40 bits per heavy atom. The fraction of sp³-hybridized carbons (Fsp3) is 0.857. The molecule has 3 nitrogen and oxygen atoms in total. The molecular formula is C7H13NO2. The smallest absolute Gasteiger partial charge is 0.235 e. The maximum atomic E-state index is 9.57. The van der Waals surface area contributed by atoms with Crippen molar-refractivity contribution in [3.8, 4) is 0 Å². The first kappa shape index (κ1) is 9.34. The van der Waals surface area contributed by atoms with Crippen molar-refractivity contribution in [3.05, 3.63) is 0 Å². The van der Waals surface area contributed by atoms with Crippen LogP contribution >= 0.6 is 0 Å². The second-order valence-corrected chi connectivity index (χ2v) is 2.06. The van der Waals surface area contributed by atoms with E-state index in [1.54, 1.807) is 0 Å². The maximum absolute atomic E-state index is 9.57. The van der Waals surface area contributed by atoms with Gasteiger partial charge in [-0.2, -0.15) is 0 Å². The summed E-state index contributed by atoms with van der Waals surface area (Å²) in [7, 11) is 0. The number of nitrogens with zero attached hydrogens (tertiary/aromatic N) is 1. The van der Waals surface area contributed by atoms with Crippen molar-refractivity contribution in [2.24, 2.45) is 4.99 Å². The van der Waals surface area contributed by atoms with E-state index in [9.17, 15) is 4.79 Å². The molecule has 0 heterocycles. The van der Waals surface area contributed by atoms with E-state index in [1.807, 2.05) is 13.8 Å². The van der Waals surface area contributed by atoms with Crippen LogP contribution in [-0.4, -0.2) is 25.3 Å². The van der Waals surface area contributed by atoms with Crippen molar-refractivity contribution >= 4 is 6.08 Å². The van der Waals surface area contributed by atoms with Gasteiger partial charge in [-0.25, -0.2) is 9.79 Å². The van der Waals surface area contributed by atoms with Gasteiger partial charge in [-0.15, -0.1) is 0 Å². The molecule has 0 fully saturated rings. The molecule has 0 rings (SSSR count). The number of carbonyl (C=O) groups excluding carboxylic acids is 1. The van der Waals surface area contributed by atoms with Gasteiger partial charge < -0.3 is 4.74 Å². The molecule has 0 bridgehead atoms. The Kier molecular flexibility index (Phi) is 6.03. The van der Waals surface area contributed by atoms with Gasteiger partial charge in [0.15, 0.2) is 0 Å². The molecule has 0 aliphatic carbocycles. The van der Waals surface area contributed by atoms with Crippen LogP contribution in [0.15, 0.2) is 4.99 Å². The molecule has 0 radical (unpaired) electrons. The summed E-state index contributed by atoms with van der Waals surface area (Å²) in [4.78, 5) is 12.9. The number of ether oxygens (including phenoxy) is 1. The van der Waals surface area contributed by atoms with Crippen molar-refractivity contribution in [2.75, 3.05) is 13.2 Å². The average molecular weight is 143 g/mol. The third-order valence-electron chi connectivity index (χ3n) is 1.24. The summed E-state index contributed by atoms with van der Waals surface area (Å²) in [6.07, 6.45) is 2.71. The number of hydrogen-bond acceptors (Lipinski definition) is 3. The lowest BCUT2D eigenvalue weighted by atomic mass is 10.3. The minimum atomic E-state index is 0.266. The van der Waals surface area contributed by atoms with Gasteiger partial charge in [-0.05, 0) is 13.3 Å². The molecule has 0 saturated carbocycles. The molecule has 0 aliphatic heterocycles. The fourth-order valence-electron chi connectivity index (χ4n) is 0.463. The van der Waals surface area contributed by atoms with Crippen LogP contribution in [0.2, 0.25) is 0 Å². The van der Waals surface area contributed by atoms with Gasteiger partial charge in [0, 0.05) is 0 Å². The SMILES string of the molecule is CCC(C)OCCN=C=O. The van der Waals surface area contributed by atoms with Crippen LogP contribution in [0.5, 0.6) is 0 Å². The minimum absolute atomic E-state index is 0.266. The highest BCUT2D eigenvalue weighted by Gasteiger charge is 1.95. The van der Waals surface area contributed by atoms with Crippen LogP contribution in [-0.2, 0) is 9.53 Å². The molecule has 0 saturated heterocycles. The summed E-state index contributed by atoms with van der Waals surface area (Å²) < 4.78 is 5.22. The number of hydrogen-bond donors (Lipinski definition) is 0. The second-order valence-electron chi connectivity index (χ2n) is 2.06. The third kappa shape index (κ3) is 5.48. The topological polar surface area (TPSA) is 38.7 Å². The van der Waals surface area contributed by atoms with Crippen molar-refractivity contribution < 1.29 is 9.53 Å². The Bertz CT molecular complexity index is 119. The molecule has 0 N–H and O–H groups in total. The third-order valence-corrected chi connectivity index (χ3v) is 1.24. The number of rotatable bonds is 5. The molecular weight excluding hydrogens is 130 g/mol. The van der Waals surface area contributed by atoms with E-state index < -0.39 is 0 Å². The average Bonchev–Trinajstić information content (AvgIpc) is 1.98. The monoisotopic (exact) mass is 143 g/mol. The lowest BCUT2D eigenvalue weighted by Gasteiger charge is -2.07. The van der Waals surface area contributed by atoms with Gasteiger partial charge in [-0.3, -0.25) is 0 Å². The van der Waals surface area contributed by atoms with Crippen molar-refractivity contribution in [1.82, 2.24) is 0 Å². The van der Waals surface area contributed by atoms with Crippen LogP contribution in [0.25, 0.3) is 0 Å². The lowest BCUT2D eigenvalue weighted by molar-refractivity contribution is 0.0697. The van der Waals surface area contributed by atoms with E-state index in [-0.39, 0.29) is 6.10 Å². The Morgan fingerprint density at radius 3 is 2.90 bits per heavy atom. The van der Waals surface area contributed by atoms with E-state index in [1.165, 1.54) is 6.08 Å². The largest absolute Gasteiger partial charge is 0.377 e. The first-order valence-corrected chi connectivity index (χ1v) is 3.46. The minimum Gasteiger partial charge on any atom is -0.377 e. The summed E-state index contributed by atoms with van der Waals surface area (Å²) in [6, 6.07) is 0. The first-order chi connectivity index (χ1) is 4.81. The van der Waals surface area contributed by atoms with E-state index in [4.69, 9.17) is 4.74 Å². The summed E-state index contributed by atoms with van der Waals surface area (Å²) in [5.41, 5.74) is 0. The predicted molar refractivity (Wildman–Crippen MR) is 38.7 cm³/mol. The lowest BCUT2D eigenvalue weighted by Crippen LogP contribution is -2.08. The zero-order valence-electron chi connectivity index (χ0n) is 6.46. The standard InChI is InChI=1S/C7H13NO2/c1-3-7(2)10-5-4-8-6-9/h7H,3-5H2,1-2H3. The summed E-state index contributed by atoms with van der Waals surface area (Å²) in [6.45, 7) is 4.98. The molecule has 0 aromatic heterocycles. The van der Waals surface area contributed by atoms with Crippen molar-refractivity contribution in [2.45, 2.75) is 26.4 Å². The van der Waals surface area contributed by atoms with Crippen LogP contribution in [0.4, 0.5) is 0 Å². The zero-order valence-corrected chi connectivity index (χ0v) is 6.46. The normalized spacial score (nSPS) is 12.2. The van der Waals surface area contributed by atoms with Gasteiger partial charge in [0.05, 0.1) is 19.3 Å². The van der Waals surface area contributed by atoms with Crippen molar-refractivity contribution in [1.29, 1.82) is 0 Å². The zero-order chi connectivity index (χ0) is 7.82. The van der Waals surface area contributed by atoms with E-state index >= 15 is 0 Å². The molecule has 0 spiro atoms. The van der Waals surface area contributed by atoms with Crippen LogP contribution in [0, 0.1) is 0 Å². The summed E-state index contributed by atoms with van der Waals surface area (Å²) in [5, 5.41) is 0. The molecule has 58 valence electrons. The first-order valence-electron chi connectivity index (χ1n) is 3.46. The Morgan fingerprint density at radius 1 is 1.70 bits per heavy atom. The van der Waals surface area contributed by atoms with Gasteiger partial charge in [-0.1, -0.05) is 6.92 Å². The van der Waals surface area contributed by atoms with Crippen molar-refractivity contribution in [3.63, 3.8) is 0 Å². The van der Waals surface area contributed by atoms with Gasteiger partial charge in [0.25, 0.3) is 0 Å². The van der Waals surface area contributed by atoms with E-state index in [0.29, 0.717) is 13.2 Å². The predicted octanol–water partition coefficient (Wildman–Crippen LogP) is 1.14. The number of isocyanates is 1. The Labute approximate surface area is 61.1 Å². The highest BCUT2D eigenvalue weighted by molar-refractivity contribution is 5.32. The van der Waals surface area contributed by atoms with E-state index in [0.717, 1.165) is 6.42 Å². The molecule has 10 heavy (non-hydrogen) atoms. The van der Waals surface area contributed by atoms with Gasteiger partial charge in [0.1, 0.15) is 0 Å². The molecule has 1 atom stereocenters. The Balaban J connectivity index is 3.10. The maximum Gasteiger partial charge on any atom is 0.235 e. The highest BCUT2D eigenvalue weighted by atomic mass is 16.5. The molecule has 3 heteroatoms. The summed E-state index contributed by atoms with van der Waals surface area (Å²) in [5.74, 6) is 0. The molecule has 1 unspecified atom stereocenters. The van der Waals surface area contributed by atoms with Crippen LogP contribution < -0.4 is 0 Å². The molecule has 0 aliphatic rings. The quantitative estimate of drug-likeness (QED) is 0.329. The van der Waals surface area contributed by atoms with Crippen LogP contribution in [0.3, 0.4) is 0 Å². The fourth-order valence-corrected chi connectivity index (χ4v) is 0.463. The Hall–Kier alpha value is -0.660. The molecule has 0 aromatic rings. The van der Waals surface area contributed by atoms with Crippen LogP contribution in [0.1, 0.15) is 20.3 Å². The number of aliphatic imine (C=N–C) groups is 1. The van der Waals surface area contributed by atoms with Gasteiger partial charge in [0.2, 0.25) is 6.08 Å². The highest BCUT2D eigenvalue weighted by Crippen LogP contribution is 1.94. The van der Waals surface area contributed by atoms with Gasteiger partial charge >= 0.3 is 0 Å². The second kappa shape index (κ2) is 6.46. The molecule has 0 aromatic carbocycles. The van der Waals surface area contributed by atoms with E-state index in [2.05, 4.69) is 4.99 Å². The molecule has 0 amide bonds.